The van der Waals surface area contributed by atoms with Crippen molar-refractivity contribution in [2.75, 3.05) is 19.0 Å². The van der Waals surface area contributed by atoms with Gasteiger partial charge in [0.25, 0.3) is 0 Å². The highest BCUT2D eigenvalue weighted by atomic mass is 32.2. The highest BCUT2D eigenvalue weighted by Gasteiger charge is 2.43. The van der Waals surface area contributed by atoms with Gasteiger partial charge in [-0.3, -0.25) is 14.5 Å². The zero-order chi connectivity index (χ0) is 23.2. The molecule has 8 heteroatoms. The van der Waals surface area contributed by atoms with Gasteiger partial charge in [-0.05, 0) is 56.2 Å². The van der Waals surface area contributed by atoms with E-state index in [1.165, 1.54) is 11.8 Å². The molecule has 1 saturated heterocycles. The number of amides is 2. The summed E-state index contributed by atoms with van der Waals surface area (Å²) >= 11 is 1.37. The molecule has 4 rings (SSSR count). The van der Waals surface area contributed by atoms with Crippen molar-refractivity contribution in [2.45, 2.75) is 50.3 Å². The number of rotatable bonds is 8. The van der Waals surface area contributed by atoms with Gasteiger partial charge in [-0.2, -0.15) is 0 Å². The second-order valence-electron chi connectivity index (χ2n) is 8.03. The minimum absolute atomic E-state index is 0.0354. The van der Waals surface area contributed by atoms with Crippen LogP contribution >= 0.6 is 11.8 Å². The van der Waals surface area contributed by atoms with Crippen LogP contribution in [0, 0.1) is 0 Å². The zero-order valence-corrected chi connectivity index (χ0v) is 19.8. The Labute approximate surface area is 198 Å². The first-order valence-electron chi connectivity index (χ1n) is 11.3. The minimum atomic E-state index is -0.498. The van der Waals surface area contributed by atoms with E-state index in [4.69, 9.17) is 14.5 Å². The van der Waals surface area contributed by atoms with E-state index in [-0.39, 0.29) is 24.3 Å². The smallest absolute Gasteiger partial charge is 0.242 e. The van der Waals surface area contributed by atoms with Crippen molar-refractivity contribution < 1.29 is 19.1 Å². The molecule has 1 heterocycles. The van der Waals surface area contributed by atoms with Gasteiger partial charge in [0, 0.05) is 12.5 Å². The summed E-state index contributed by atoms with van der Waals surface area (Å²) in [7, 11) is 1.56. The molecule has 2 fully saturated rings. The number of amidine groups is 1. The Hall–Kier alpha value is -3.00. The normalized spacial score (nSPS) is 19.8. The van der Waals surface area contributed by atoms with Crippen molar-refractivity contribution in [3.8, 4) is 11.5 Å². The summed E-state index contributed by atoms with van der Waals surface area (Å²) in [5.74, 6) is 1.11. The van der Waals surface area contributed by atoms with Crippen molar-refractivity contribution in [1.82, 2.24) is 4.90 Å². The Morgan fingerprint density at radius 2 is 1.88 bits per heavy atom. The van der Waals surface area contributed by atoms with Crippen LogP contribution in [0.15, 0.2) is 53.5 Å². The third-order valence-electron chi connectivity index (χ3n) is 5.78. The molecule has 0 aromatic heterocycles. The van der Waals surface area contributed by atoms with E-state index < -0.39 is 5.25 Å². The molecule has 2 aromatic rings. The van der Waals surface area contributed by atoms with Gasteiger partial charge < -0.3 is 14.8 Å². The molecule has 7 nitrogen and oxygen atoms in total. The molecule has 1 saturated carbocycles. The summed E-state index contributed by atoms with van der Waals surface area (Å²) in [6, 6.07) is 14.9. The topological polar surface area (TPSA) is 80.2 Å². The van der Waals surface area contributed by atoms with Crippen LogP contribution in [0.3, 0.4) is 0 Å². The van der Waals surface area contributed by atoms with Gasteiger partial charge in [0.05, 0.1) is 25.1 Å². The first-order valence-corrected chi connectivity index (χ1v) is 12.2. The number of anilines is 1. The molecule has 2 aliphatic rings. The molecule has 2 aromatic carbocycles. The summed E-state index contributed by atoms with van der Waals surface area (Å²) in [5.41, 5.74) is 1.35. The van der Waals surface area contributed by atoms with Gasteiger partial charge in [0.2, 0.25) is 11.8 Å². The van der Waals surface area contributed by atoms with Crippen molar-refractivity contribution in [2.24, 2.45) is 4.99 Å². The fourth-order valence-corrected chi connectivity index (χ4v) is 5.42. The molecule has 1 aliphatic heterocycles. The molecule has 1 atom stereocenters. The lowest BCUT2D eigenvalue weighted by Crippen LogP contribution is -2.40. The molecular formula is C25H29N3O4S. The van der Waals surface area contributed by atoms with Crippen LogP contribution in [-0.2, 0) is 9.59 Å². The van der Waals surface area contributed by atoms with Gasteiger partial charge >= 0.3 is 0 Å². The summed E-state index contributed by atoms with van der Waals surface area (Å²) in [5, 5.41) is 3.05. The van der Waals surface area contributed by atoms with E-state index in [0.717, 1.165) is 37.1 Å². The number of carbonyl (C=O) groups is 2. The molecule has 1 aliphatic carbocycles. The average Bonchev–Trinajstić information content (AvgIpc) is 3.44. The lowest BCUT2D eigenvalue weighted by atomic mass is 10.2. The third kappa shape index (κ3) is 5.50. The summed E-state index contributed by atoms with van der Waals surface area (Å²) < 4.78 is 10.8. The van der Waals surface area contributed by atoms with E-state index in [1.54, 1.807) is 19.2 Å². The maximum Gasteiger partial charge on any atom is 0.242 e. The first-order chi connectivity index (χ1) is 16.1. The van der Waals surface area contributed by atoms with Crippen LogP contribution in [0.5, 0.6) is 11.5 Å². The van der Waals surface area contributed by atoms with Crippen LogP contribution in [0.4, 0.5) is 11.4 Å². The van der Waals surface area contributed by atoms with E-state index in [1.807, 2.05) is 48.2 Å². The fraction of sp³-hybridized carbons (Fsp3) is 0.400. The van der Waals surface area contributed by atoms with Crippen LogP contribution in [-0.4, -0.2) is 46.9 Å². The Kier molecular flexibility index (Phi) is 7.54. The van der Waals surface area contributed by atoms with E-state index in [2.05, 4.69) is 5.32 Å². The zero-order valence-electron chi connectivity index (χ0n) is 19.0. The van der Waals surface area contributed by atoms with Gasteiger partial charge in [0.1, 0.15) is 16.7 Å². The summed E-state index contributed by atoms with van der Waals surface area (Å²) in [6.07, 6.45) is 4.22. The van der Waals surface area contributed by atoms with Crippen LogP contribution in [0.25, 0.3) is 0 Å². The molecule has 0 bridgehead atoms. The van der Waals surface area contributed by atoms with Gasteiger partial charge in [-0.1, -0.05) is 36.7 Å². The van der Waals surface area contributed by atoms with Crippen LogP contribution in [0.2, 0.25) is 0 Å². The molecular weight excluding hydrogens is 438 g/mol. The Morgan fingerprint density at radius 1 is 1.15 bits per heavy atom. The molecule has 2 amide bonds. The molecule has 0 spiro atoms. The van der Waals surface area contributed by atoms with E-state index >= 15 is 0 Å². The van der Waals surface area contributed by atoms with E-state index in [0.29, 0.717) is 23.2 Å². The Bertz CT molecular complexity index is 1020. The number of thioether (sulfide) groups is 1. The predicted octanol–water partition coefficient (Wildman–Crippen LogP) is 5.00. The van der Waals surface area contributed by atoms with Crippen molar-refractivity contribution in [1.29, 1.82) is 0 Å². The fourth-order valence-electron chi connectivity index (χ4n) is 4.20. The molecule has 1 N–H and O–H groups in total. The molecule has 174 valence electrons. The second kappa shape index (κ2) is 10.7. The third-order valence-corrected chi connectivity index (χ3v) is 6.93. The maximum absolute atomic E-state index is 13.3. The maximum atomic E-state index is 13.3. The number of carbonyl (C=O) groups excluding carboxylic acids is 2. The molecule has 0 radical (unpaired) electrons. The Morgan fingerprint density at radius 3 is 2.58 bits per heavy atom. The monoisotopic (exact) mass is 467 g/mol. The van der Waals surface area contributed by atoms with Gasteiger partial charge in [0.15, 0.2) is 5.17 Å². The number of aliphatic imine (C=N–C) groups is 1. The van der Waals surface area contributed by atoms with Gasteiger partial charge in [-0.15, -0.1) is 0 Å². The lowest BCUT2D eigenvalue weighted by molar-refractivity contribution is -0.129. The molecule has 33 heavy (non-hydrogen) atoms. The highest BCUT2D eigenvalue weighted by molar-refractivity contribution is 8.15. The van der Waals surface area contributed by atoms with Gasteiger partial charge in [-0.25, -0.2) is 4.99 Å². The van der Waals surface area contributed by atoms with Crippen LogP contribution in [0.1, 0.15) is 39.0 Å². The van der Waals surface area contributed by atoms with Crippen molar-refractivity contribution in [3.63, 3.8) is 0 Å². The number of para-hydroxylation sites is 2. The standard InChI is InChI=1S/C25H29N3O4S/c1-3-32-19-14-12-17(13-15-19)26-25-28(18-8-4-5-9-18)24(30)22(33-25)16-23(29)27-20-10-6-7-11-21(20)31-2/h6-7,10-15,18,22H,3-5,8-9,16H2,1-2H3,(H,27,29). The number of hydrogen-bond donors (Lipinski definition) is 1. The number of methoxy groups -OCH3 is 1. The summed E-state index contributed by atoms with van der Waals surface area (Å²) in [6.45, 7) is 2.55. The number of benzene rings is 2. The highest BCUT2D eigenvalue weighted by Crippen LogP contribution is 2.37. The number of hydrogen-bond acceptors (Lipinski definition) is 6. The lowest BCUT2D eigenvalue weighted by Gasteiger charge is -2.23. The minimum Gasteiger partial charge on any atom is -0.495 e. The van der Waals surface area contributed by atoms with Crippen molar-refractivity contribution in [3.05, 3.63) is 48.5 Å². The van der Waals surface area contributed by atoms with Crippen LogP contribution < -0.4 is 14.8 Å². The first kappa shape index (κ1) is 23.2. The number of nitrogens with one attached hydrogen (secondary N) is 1. The predicted molar refractivity (Wildman–Crippen MR) is 131 cm³/mol. The second-order valence-corrected chi connectivity index (χ2v) is 9.20. The molecule has 1 unspecified atom stereocenters. The largest absolute Gasteiger partial charge is 0.495 e. The SMILES string of the molecule is CCOc1ccc(N=C2SC(CC(=O)Nc3ccccc3OC)C(=O)N2C2CCCC2)cc1. The average molecular weight is 468 g/mol. The number of nitrogens with zero attached hydrogens (tertiary/aromatic N) is 2. The quantitative estimate of drug-likeness (QED) is 0.591. The Balaban J connectivity index is 1.51. The van der Waals surface area contributed by atoms with Crippen molar-refractivity contribution >= 4 is 40.1 Å². The number of ether oxygens (including phenoxy) is 2. The van der Waals surface area contributed by atoms with E-state index in [9.17, 15) is 9.59 Å². The summed E-state index contributed by atoms with van der Waals surface area (Å²) in [4.78, 5) is 32.7.